The number of nitrogens with zero attached hydrogens (tertiary/aromatic N) is 2. The molecule has 1 amide bonds. The smallest absolute Gasteiger partial charge is 0.315 e. The van der Waals surface area contributed by atoms with Crippen LogP contribution in [0.2, 0.25) is 0 Å². The van der Waals surface area contributed by atoms with Gasteiger partial charge in [0.1, 0.15) is 0 Å². The Balaban J connectivity index is 1.95. The highest BCUT2D eigenvalue weighted by Gasteiger charge is 2.23. The first-order chi connectivity index (χ1) is 7.69. The molecule has 0 radical (unpaired) electrons. The second-order valence-electron chi connectivity index (χ2n) is 3.81. The lowest BCUT2D eigenvalue weighted by Gasteiger charge is -2.06. The van der Waals surface area contributed by atoms with Crippen LogP contribution < -0.4 is 16.0 Å². The molecule has 0 aliphatic carbocycles. The van der Waals surface area contributed by atoms with Crippen molar-refractivity contribution >= 4 is 11.9 Å². The number of nitrogens with one attached hydrogen (secondary N) is 3. The SMILES string of the molecule is CNC(C)c1nnc(NC2CNC(=O)C2)o1. The first kappa shape index (κ1) is 10.9. The van der Waals surface area contributed by atoms with Gasteiger partial charge in [-0.15, -0.1) is 5.10 Å². The summed E-state index contributed by atoms with van der Waals surface area (Å²) in [6, 6.07) is 0.413. The fraction of sp³-hybridized carbons (Fsp3) is 0.667. The van der Waals surface area contributed by atoms with Crippen LogP contribution in [0, 0.1) is 0 Å². The van der Waals surface area contributed by atoms with Gasteiger partial charge in [-0.2, -0.15) is 0 Å². The van der Waals surface area contributed by atoms with E-state index in [2.05, 4.69) is 26.1 Å². The molecule has 2 rings (SSSR count). The molecule has 0 aromatic carbocycles. The Hall–Kier alpha value is -1.63. The van der Waals surface area contributed by atoms with Crippen LogP contribution >= 0.6 is 0 Å². The van der Waals surface area contributed by atoms with Crippen molar-refractivity contribution in [3.63, 3.8) is 0 Å². The van der Waals surface area contributed by atoms with Gasteiger partial charge in [-0.3, -0.25) is 4.79 Å². The van der Waals surface area contributed by atoms with E-state index in [1.807, 2.05) is 14.0 Å². The molecule has 1 fully saturated rings. The van der Waals surface area contributed by atoms with E-state index in [9.17, 15) is 4.79 Å². The normalized spacial score (nSPS) is 21.9. The number of carbonyl (C=O) groups is 1. The summed E-state index contributed by atoms with van der Waals surface area (Å²) in [6.07, 6.45) is 0.444. The van der Waals surface area contributed by atoms with Gasteiger partial charge in [-0.05, 0) is 14.0 Å². The third-order valence-electron chi connectivity index (χ3n) is 2.55. The van der Waals surface area contributed by atoms with E-state index in [0.717, 1.165) is 0 Å². The second kappa shape index (κ2) is 4.48. The maximum atomic E-state index is 11.0. The number of hydrogen-bond donors (Lipinski definition) is 3. The maximum Gasteiger partial charge on any atom is 0.315 e. The zero-order valence-corrected chi connectivity index (χ0v) is 9.28. The second-order valence-corrected chi connectivity index (χ2v) is 3.81. The predicted molar refractivity (Wildman–Crippen MR) is 56.8 cm³/mol. The Morgan fingerprint density at radius 3 is 3.00 bits per heavy atom. The van der Waals surface area contributed by atoms with Gasteiger partial charge in [0.25, 0.3) is 0 Å². The van der Waals surface area contributed by atoms with Crippen molar-refractivity contribution in [1.82, 2.24) is 20.8 Å². The number of aromatic nitrogens is 2. The minimum atomic E-state index is 0.0198. The average molecular weight is 225 g/mol. The van der Waals surface area contributed by atoms with E-state index >= 15 is 0 Å². The zero-order chi connectivity index (χ0) is 11.5. The molecule has 2 heterocycles. The lowest BCUT2D eigenvalue weighted by atomic mass is 10.3. The van der Waals surface area contributed by atoms with Gasteiger partial charge in [0.15, 0.2) is 0 Å². The van der Waals surface area contributed by atoms with Gasteiger partial charge in [-0.25, -0.2) is 0 Å². The van der Waals surface area contributed by atoms with Crippen LogP contribution in [0.3, 0.4) is 0 Å². The van der Waals surface area contributed by atoms with Crippen LogP contribution in [0.25, 0.3) is 0 Å². The van der Waals surface area contributed by atoms with Crippen molar-refractivity contribution < 1.29 is 9.21 Å². The molecule has 0 saturated carbocycles. The molecule has 2 atom stereocenters. The standard InChI is InChI=1S/C9H15N5O2/c1-5(10-2)8-13-14-9(16-8)12-6-3-7(15)11-4-6/h5-6,10H,3-4H2,1-2H3,(H,11,15)(H,12,14). The number of carbonyl (C=O) groups excluding carboxylic acids is 1. The molecule has 88 valence electrons. The monoisotopic (exact) mass is 225 g/mol. The quantitative estimate of drug-likeness (QED) is 0.648. The maximum absolute atomic E-state index is 11.0. The van der Waals surface area contributed by atoms with Crippen LogP contribution in [0.4, 0.5) is 6.01 Å². The Bertz CT molecular complexity index is 378. The van der Waals surface area contributed by atoms with Crippen molar-refractivity contribution in [2.75, 3.05) is 18.9 Å². The molecule has 7 nitrogen and oxygen atoms in total. The summed E-state index contributed by atoms with van der Waals surface area (Å²) in [7, 11) is 1.82. The lowest BCUT2D eigenvalue weighted by molar-refractivity contribution is -0.119. The van der Waals surface area contributed by atoms with Crippen molar-refractivity contribution in [1.29, 1.82) is 0 Å². The van der Waals surface area contributed by atoms with Crippen molar-refractivity contribution in [3.8, 4) is 0 Å². The molecule has 1 aromatic heterocycles. The van der Waals surface area contributed by atoms with Gasteiger partial charge in [0.05, 0.1) is 12.1 Å². The summed E-state index contributed by atoms with van der Waals surface area (Å²) in [5.74, 6) is 0.572. The van der Waals surface area contributed by atoms with E-state index in [-0.39, 0.29) is 18.0 Å². The van der Waals surface area contributed by atoms with Gasteiger partial charge < -0.3 is 20.4 Å². The van der Waals surface area contributed by atoms with Gasteiger partial charge in [0.2, 0.25) is 11.8 Å². The van der Waals surface area contributed by atoms with Crippen LogP contribution in [0.15, 0.2) is 4.42 Å². The molecule has 1 aromatic rings. The summed E-state index contributed by atoms with van der Waals surface area (Å²) >= 11 is 0. The van der Waals surface area contributed by atoms with Crippen LogP contribution in [0.5, 0.6) is 0 Å². The molecule has 3 N–H and O–H groups in total. The molecule has 0 bridgehead atoms. The number of rotatable bonds is 4. The summed E-state index contributed by atoms with van der Waals surface area (Å²) < 4.78 is 5.40. The van der Waals surface area contributed by atoms with E-state index in [1.54, 1.807) is 0 Å². The van der Waals surface area contributed by atoms with E-state index < -0.39 is 0 Å². The van der Waals surface area contributed by atoms with Crippen molar-refractivity contribution in [2.24, 2.45) is 0 Å². The Morgan fingerprint density at radius 2 is 2.38 bits per heavy atom. The molecule has 0 spiro atoms. The van der Waals surface area contributed by atoms with Crippen LogP contribution in [0.1, 0.15) is 25.3 Å². The van der Waals surface area contributed by atoms with Gasteiger partial charge in [0, 0.05) is 13.0 Å². The molecular formula is C9H15N5O2. The van der Waals surface area contributed by atoms with Crippen LogP contribution in [-0.2, 0) is 4.79 Å². The summed E-state index contributed by atoms with van der Waals surface area (Å²) in [5.41, 5.74) is 0. The third kappa shape index (κ3) is 2.30. The minimum Gasteiger partial charge on any atom is -0.406 e. The molecule has 16 heavy (non-hydrogen) atoms. The average Bonchev–Trinajstić information content (AvgIpc) is 2.87. The van der Waals surface area contributed by atoms with Gasteiger partial charge in [-0.1, -0.05) is 5.10 Å². The number of anilines is 1. The first-order valence-electron chi connectivity index (χ1n) is 5.23. The largest absolute Gasteiger partial charge is 0.406 e. The third-order valence-corrected chi connectivity index (χ3v) is 2.55. The van der Waals surface area contributed by atoms with Crippen molar-refractivity contribution in [2.45, 2.75) is 25.4 Å². The number of hydrogen-bond acceptors (Lipinski definition) is 6. The van der Waals surface area contributed by atoms with Crippen molar-refractivity contribution in [3.05, 3.63) is 5.89 Å². The molecule has 2 unspecified atom stereocenters. The molecule has 1 saturated heterocycles. The van der Waals surface area contributed by atoms with Crippen LogP contribution in [-0.4, -0.2) is 35.7 Å². The topological polar surface area (TPSA) is 92.1 Å². The predicted octanol–water partition coefficient (Wildman–Crippen LogP) is -0.350. The molecule has 1 aliphatic heterocycles. The Kier molecular flexibility index (Phi) is 3.04. The number of amides is 1. The highest BCUT2D eigenvalue weighted by atomic mass is 16.4. The molecule has 7 heteroatoms. The summed E-state index contributed by atoms with van der Waals surface area (Å²) in [6.45, 7) is 2.52. The molecular weight excluding hydrogens is 210 g/mol. The summed E-state index contributed by atoms with van der Waals surface area (Å²) in [5, 5.41) is 16.5. The van der Waals surface area contributed by atoms with E-state index in [1.165, 1.54) is 0 Å². The minimum absolute atomic E-state index is 0.0198. The summed E-state index contributed by atoms with van der Waals surface area (Å²) in [4.78, 5) is 11.0. The van der Waals surface area contributed by atoms with Gasteiger partial charge >= 0.3 is 6.01 Å². The highest BCUT2D eigenvalue weighted by Crippen LogP contribution is 2.15. The lowest BCUT2D eigenvalue weighted by Crippen LogP contribution is -2.22. The highest BCUT2D eigenvalue weighted by molar-refractivity contribution is 5.79. The Labute approximate surface area is 93.0 Å². The Morgan fingerprint density at radius 1 is 1.56 bits per heavy atom. The zero-order valence-electron chi connectivity index (χ0n) is 9.28. The fourth-order valence-corrected chi connectivity index (χ4v) is 1.47. The first-order valence-corrected chi connectivity index (χ1v) is 5.23. The molecule has 1 aliphatic rings. The van der Waals surface area contributed by atoms with E-state index in [0.29, 0.717) is 24.9 Å². The fourth-order valence-electron chi connectivity index (χ4n) is 1.47. The van der Waals surface area contributed by atoms with E-state index in [4.69, 9.17) is 4.42 Å².